The summed E-state index contributed by atoms with van der Waals surface area (Å²) in [5.41, 5.74) is 8.39. The molecule has 1 aliphatic carbocycles. The number of hydrogen-bond donors (Lipinski definition) is 2. The van der Waals surface area contributed by atoms with Crippen molar-refractivity contribution in [3.05, 3.63) is 29.3 Å². The van der Waals surface area contributed by atoms with E-state index in [1.54, 1.807) is 0 Å². The Morgan fingerprint density at radius 1 is 1.29 bits per heavy atom. The van der Waals surface area contributed by atoms with Crippen LogP contribution in [0.2, 0.25) is 0 Å². The van der Waals surface area contributed by atoms with Crippen molar-refractivity contribution in [2.24, 2.45) is 5.73 Å². The van der Waals surface area contributed by atoms with Crippen molar-refractivity contribution in [1.82, 2.24) is 0 Å². The van der Waals surface area contributed by atoms with E-state index in [1.807, 2.05) is 12.1 Å². The van der Waals surface area contributed by atoms with Crippen LogP contribution in [0.15, 0.2) is 18.2 Å². The van der Waals surface area contributed by atoms with Crippen molar-refractivity contribution in [2.45, 2.75) is 50.9 Å². The lowest BCUT2D eigenvalue weighted by molar-refractivity contribution is 0.244. The Balaban J connectivity index is 2.46. The molecule has 17 heavy (non-hydrogen) atoms. The Labute approximate surface area is 104 Å². The fourth-order valence-electron chi connectivity index (χ4n) is 2.61. The molecule has 0 heterocycles. The van der Waals surface area contributed by atoms with Crippen molar-refractivity contribution in [3.63, 3.8) is 0 Å². The highest BCUT2D eigenvalue weighted by Gasteiger charge is 2.39. The molecule has 1 fully saturated rings. The highest BCUT2D eigenvalue weighted by molar-refractivity contribution is 5.45. The van der Waals surface area contributed by atoms with Crippen LogP contribution in [0.4, 0.5) is 0 Å². The number of phenolic OH excluding ortho intramolecular Hbond substituents is 1. The number of rotatable bonds is 2. The Bertz CT molecular complexity index is 408. The first kappa shape index (κ1) is 12.4. The second-order valence-electron chi connectivity index (χ2n) is 6.32. The second-order valence-corrected chi connectivity index (χ2v) is 6.32. The van der Waals surface area contributed by atoms with Gasteiger partial charge in [0.05, 0.1) is 0 Å². The molecule has 94 valence electrons. The zero-order valence-corrected chi connectivity index (χ0v) is 11.1. The molecule has 2 rings (SSSR count). The molecule has 0 aromatic heterocycles. The molecule has 2 nitrogen and oxygen atoms in total. The summed E-state index contributed by atoms with van der Waals surface area (Å²) in [7, 11) is 0. The number of phenols is 1. The van der Waals surface area contributed by atoms with E-state index in [1.165, 1.54) is 12.0 Å². The van der Waals surface area contributed by atoms with Crippen molar-refractivity contribution in [1.29, 1.82) is 0 Å². The van der Waals surface area contributed by atoms with E-state index in [2.05, 4.69) is 26.8 Å². The molecule has 0 saturated heterocycles. The first-order valence-electron chi connectivity index (χ1n) is 6.43. The van der Waals surface area contributed by atoms with Gasteiger partial charge in [0, 0.05) is 17.5 Å². The second kappa shape index (κ2) is 4.02. The number of hydrogen-bond acceptors (Lipinski definition) is 2. The maximum absolute atomic E-state index is 10.1. The van der Waals surface area contributed by atoms with Gasteiger partial charge < -0.3 is 10.8 Å². The maximum Gasteiger partial charge on any atom is 0.119 e. The van der Waals surface area contributed by atoms with Gasteiger partial charge in [0.2, 0.25) is 0 Å². The highest BCUT2D eigenvalue weighted by Crippen LogP contribution is 2.47. The summed E-state index contributed by atoms with van der Waals surface area (Å²) < 4.78 is 0. The smallest absolute Gasteiger partial charge is 0.119 e. The molecule has 0 spiro atoms. The van der Waals surface area contributed by atoms with E-state index >= 15 is 0 Å². The van der Waals surface area contributed by atoms with Crippen molar-refractivity contribution in [2.75, 3.05) is 6.54 Å². The van der Waals surface area contributed by atoms with Gasteiger partial charge in [0.25, 0.3) is 0 Å². The third-order valence-corrected chi connectivity index (χ3v) is 4.14. The maximum atomic E-state index is 10.1. The lowest BCUT2D eigenvalue weighted by atomic mass is 9.63. The summed E-state index contributed by atoms with van der Waals surface area (Å²) in [6.45, 7) is 7.21. The Hall–Kier alpha value is -1.02. The van der Waals surface area contributed by atoms with Crippen LogP contribution >= 0.6 is 0 Å². The quantitative estimate of drug-likeness (QED) is 0.824. The van der Waals surface area contributed by atoms with Crippen LogP contribution in [0.3, 0.4) is 0 Å². The zero-order valence-electron chi connectivity index (χ0n) is 11.1. The number of aromatic hydroxyl groups is 1. The molecule has 0 atom stereocenters. The molecule has 1 aromatic rings. The lowest BCUT2D eigenvalue weighted by Gasteiger charge is -2.42. The van der Waals surface area contributed by atoms with Crippen LogP contribution in [0.25, 0.3) is 0 Å². The molecule has 0 unspecified atom stereocenters. The summed E-state index contributed by atoms with van der Waals surface area (Å²) in [5, 5.41) is 10.1. The predicted octanol–water partition coefficient (Wildman–Crippen LogP) is 3.07. The van der Waals surface area contributed by atoms with Gasteiger partial charge in [-0.3, -0.25) is 0 Å². The minimum Gasteiger partial charge on any atom is -0.508 e. The Morgan fingerprint density at radius 2 is 1.94 bits per heavy atom. The molecule has 3 N–H and O–H groups in total. The van der Waals surface area contributed by atoms with Crippen LogP contribution in [-0.2, 0) is 10.8 Å². The van der Waals surface area contributed by atoms with Crippen LogP contribution < -0.4 is 5.73 Å². The largest absolute Gasteiger partial charge is 0.508 e. The van der Waals surface area contributed by atoms with Gasteiger partial charge in [0.1, 0.15) is 5.75 Å². The fourth-order valence-corrected chi connectivity index (χ4v) is 2.61. The summed E-state index contributed by atoms with van der Waals surface area (Å²) in [4.78, 5) is 0. The van der Waals surface area contributed by atoms with Crippen molar-refractivity contribution < 1.29 is 5.11 Å². The number of benzene rings is 1. The fraction of sp³-hybridized carbons (Fsp3) is 0.600. The molecule has 0 radical (unpaired) electrons. The van der Waals surface area contributed by atoms with Gasteiger partial charge in [-0.2, -0.15) is 0 Å². The van der Waals surface area contributed by atoms with Gasteiger partial charge in [-0.25, -0.2) is 0 Å². The van der Waals surface area contributed by atoms with Crippen LogP contribution in [0, 0.1) is 0 Å². The van der Waals surface area contributed by atoms with E-state index in [9.17, 15) is 5.11 Å². The minimum atomic E-state index is 0.0331. The molecule has 0 amide bonds. The van der Waals surface area contributed by atoms with Gasteiger partial charge in [-0.1, -0.05) is 39.3 Å². The topological polar surface area (TPSA) is 46.2 Å². The molecule has 1 saturated carbocycles. The summed E-state index contributed by atoms with van der Waals surface area (Å²) >= 11 is 0. The van der Waals surface area contributed by atoms with E-state index in [4.69, 9.17) is 5.73 Å². The number of nitrogens with two attached hydrogens (primary N) is 1. The first-order valence-corrected chi connectivity index (χ1v) is 6.43. The Morgan fingerprint density at radius 3 is 2.35 bits per heavy atom. The zero-order chi connectivity index (χ0) is 12.7. The standard InChI is InChI=1S/C15H23NO/c1-14(2,3)11-5-6-13(17)12(9-11)15(10-16)7-4-8-15/h5-6,9,17H,4,7-8,10,16H2,1-3H3. The van der Waals surface area contributed by atoms with E-state index < -0.39 is 0 Å². The first-order chi connectivity index (χ1) is 7.89. The van der Waals surface area contributed by atoms with Gasteiger partial charge >= 0.3 is 0 Å². The normalized spacial score (nSPS) is 18.8. The van der Waals surface area contributed by atoms with Crippen LogP contribution in [0.5, 0.6) is 5.75 Å². The molecule has 0 aliphatic heterocycles. The average molecular weight is 233 g/mol. The van der Waals surface area contributed by atoms with Gasteiger partial charge in [-0.05, 0) is 29.9 Å². The summed E-state index contributed by atoms with van der Waals surface area (Å²) in [5.74, 6) is 0.406. The third kappa shape index (κ3) is 2.06. The Kier molecular flexibility index (Phi) is 2.94. The average Bonchev–Trinajstić information content (AvgIpc) is 2.18. The van der Waals surface area contributed by atoms with E-state index in [0.717, 1.165) is 18.4 Å². The molecule has 1 aliphatic rings. The van der Waals surface area contributed by atoms with E-state index in [-0.39, 0.29) is 10.8 Å². The summed E-state index contributed by atoms with van der Waals surface area (Å²) in [6.07, 6.45) is 3.42. The van der Waals surface area contributed by atoms with Crippen LogP contribution in [0.1, 0.15) is 51.2 Å². The predicted molar refractivity (Wildman–Crippen MR) is 71.4 cm³/mol. The third-order valence-electron chi connectivity index (χ3n) is 4.14. The molecule has 2 heteroatoms. The van der Waals surface area contributed by atoms with Crippen molar-refractivity contribution >= 4 is 0 Å². The van der Waals surface area contributed by atoms with E-state index in [0.29, 0.717) is 12.3 Å². The lowest BCUT2D eigenvalue weighted by Crippen LogP contribution is -2.41. The SMILES string of the molecule is CC(C)(C)c1ccc(O)c(C2(CN)CCC2)c1. The van der Waals surface area contributed by atoms with Gasteiger partial charge in [0.15, 0.2) is 0 Å². The summed E-state index contributed by atoms with van der Waals surface area (Å²) in [6, 6.07) is 5.99. The molecular weight excluding hydrogens is 210 g/mol. The molecule has 1 aromatic carbocycles. The molecule has 0 bridgehead atoms. The minimum absolute atomic E-state index is 0.0331. The molecular formula is C15H23NO. The van der Waals surface area contributed by atoms with Crippen molar-refractivity contribution in [3.8, 4) is 5.75 Å². The van der Waals surface area contributed by atoms with Crippen LogP contribution in [-0.4, -0.2) is 11.7 Å². The monoisotopic (exact) mass is 233 g/mol. The van der Waals surface area contributed by atoms with Gasteiger partial charge in [-0.15, -0.1) is 0 Å². The highest BCUT2D eigenvalue weighted by atomic mass is 16.3.